The van der Waals surface area contributed by atoms with Crippen molar-refractivity contribution in [2.75, 3.05) is 13.7 Å². The normalized spacial score (nSPS) is 14.8. The van der Waals surface area contributed by atoms with Gasteiger partial charge in [-0.25, -0.2) is 0 Å². The summed E-state index contributed by atoms with van der Waals surface area (Å²) < 4.78 is 0. The molecule has 2 N–H and O–H groups in total. The highest BCUT2D eigenvalue weighted by Gasteiger charge is 2.23. The van der Waals surface area contributed by atoms with Crippen LogP contribution in [0.2, 0.25) is 0 Å². The predicted molar refractivity (Wildman–Crippen MR) is 68.6 cm³/mol. The van der Waals surface area contributed by atoms with E-state index in [0.717, 1.165) is 12.8 Å². The molecule has 0 heterocycles. The van der Waals surface area contributed by atoms with Gasteiger partial charge in [0.15, 0.2) is 0 Å². The summed E-state index contributed by atoms with van der Waals surface area (Å²) in [6.07, 6.45) is 3.05. The van der Waals surface area contributed by atoms with Gasteiger partial charge in [-0.3, -0.25) is 0 Å². The fraction of sp³-hybridized carbons (Fsp3) is 0.571. The quantitative estimate of drug-likeness (QED) is 0.773. The van der Waals surface area contributed by atoms with E-state index in [1.54, 1.807) is 0 Å². The van der Waals surface area contributed by atoms with E-state index in [9.17, 15) is 0 Å². The third-order valence-corrected chi connectivity index (χ3v) is 3.29. The summed E-state index contributed by atoms with van der Waals surface area (Å²) in [5, 5.41) is 12.4. The molecule has 1 rings (SSSR count). The van der Waals surface area contributed by atoms with E-state index in [2.05, 4.69) is 43.4 Å². The lowest BCUT2D eigenvalue weighted by molar-refractivity contribution is 0.228. The molecule has 90 valence electrons. The van der Waals surface area contributed by atoms with E-state index in [1.165, 1.54) is 17.5 Å². The van der Waals surface area contributed by atoms with Crippen molar-refractivity contribution < 1.29 is 5.11 Å². The van der Waals surface area contributed by atoms with E-state index < -0.39 is 0 Å². The molecule has 0 saturated carbocycles. The van der Waals surface area contributed by atoms with E-state index >= 15 is 0 Å². The number of hydrogen-bond donors (Lipinski definition) is 2. The van der Waals surface area contributed by atoms with Crippen LogP contribution in [-0.2, 0) is 12.0 Å². The van der Waals surface area contributed by atoms with Crippen molar-refractivity contribution in [3.63, 3.8) is 0 Å². The third kappa shape index (κ3) is 3.06. The van der Waals surface area contributed by atoms with Crippen LogP contribution in [0.1, 0.15) is 37.8 Å². The smallest absolute Gasteiger partial charge is 0.0451 e. The largest absolute Gasteiger partial charge is 0.396 e. The molecule has 0 aliphatic heterocycles. The lowest BCUT2D eigenvalue weighted by Gasteiger charge is -2.29. The summed E-state index contributed by atoms with van der Waals surface area (Å²) in [5.41, 5.74) is 2.50. The van der Waals surface area contributed by atoms with Gasteiger partial charge in [-0.1, -0.05) is 37.6 Å². The van der Waals surface area contributed by atoms with Gasteiger partial charge in [0.2, 0.25) is 0 Å². The first-order valence-electron chi connectivity index (χ1n) is 6.05. The second-order valence-electron chi connectivity index (χ2n) is 4.50. The van der Waals surface area contributed by atoms with Crippen LogP contribution in [0.25, 0.3) is 0 Å². The average Bonchev–Trinajstić information content (AvgIpc) is 2.30. The van der Waals surface area contributed by atoms with Gasteiger partial charge in [-0.2, -0.15) is 0 Å². The van der Waals surface area contributed by atoms with Gasteiger partial charge >= 0.3 is 0 Å². The topological polar surface area (TPSA) is 32.3 Å². The zero-order chi connectivity index (χ0) is 12.0. The molecule has 1 atom stereocenters. The molecule has 0 bridgehead atoms. The molecule has 0 aliphatic carbocycles. The number of hydrogen-bond acceptors (Lipinski definition) is 2. The van der Waals surface area contributed by atoms with Gasteiger partial charge in [-0.15, -0.1) is 0 Å². The molecule has 0 radical (unpaired) electrons. The summed E-state index contributed by atoms with van der Waals surface area (Å²) in [6.45, 7) is 4.52. The zero-order valence-corrected chi connectivity index (χ0v) is 10.6. The third-order valence-electron chi connectivity index (χ3n) is 3.29. The van der Waals surface area contributed by atoms with E-state index in [1.807, 2.05) is 7.05 Å². The minimum absolute atomic E-state index is 0.126. The van der Waals surface area contributed by atoms with Gasteiger partial charge in [0.25, 0.3) is 0 Å². The molecular weight excluding hydrogens is 198 g/mol. The van der Waals surface area contributed by atoms with E-state index in [-0.39, 0.29) is 12.1 Å². The van der Waals surface area contributed by atoms with E-state index in [0.29, 0.717) is 0 Å². The molecular formula is C14H23NO. The Labute approximate surface area is 98.7 Å². The minimum Gasteiger partial charge on any atom is -0.396 e. The average molecular weight is 221 g/mol. The summed E-state index contributed by atoms with van der Waals surface area (Å²) in [4.78, 5) is 0. The predicted octanol–water partition coefficient (Wildman–Crippen LogP) is 2.46. The van der Waals surface area contributed by atoms with Crippen molar-refractivity contribution in [3.8, 4) is 0 Å². The number of rotatable bonds is 6. The lowest BCUT2D eigenvalue weighted by Crippen LogP contribution is -2.37. The van der Waals surface area contributed by atoms with E-state index in [4.69, 9.17) is 5.11 Å². The van der Waals surface area contributed by atoms with Crippen LogP contribution >= 0.6 is 0 Å². The maximum Gasteiger partial charge on any atom is 0.0451 e. The van der Waals surface area contributed by atoms with Crippen LogP contribution in [0.15, 0.2) is 24.3 Å². The van der Waals surface area contributed by atoms with Gasteiger partial charge < -0.3 is 10.4 Å². The van der Waals surface area contributed by atoms with Crippen molar-refractivity contribution in [1.29, 1.82) is 0 Å². The molecule has 0 saturated heterocycles. The van der Waals surface area contributed by atoms with Crippen LogP contribution in [0.4, 0.5) is 0 Å². The molecule has 1 unspecified atom stereocenters. The van der Waals surface area contributed by atoms with Crippen LogP contribution in [-0.4, -0.2) is 18.8 Å². The first-order chi connectivity index (χ1) is 7.66. The number of aryl methyl sites for hydroxylation is 1. The van der Waals surface area contributed by atoms with Crippen LogP contribution in [0.3, 0.4) is 0 Å². The molecule has 0 aliphatic rings. The minimum atomic E-state index is -0.126. The van der Waals surface area contributed by atoms with Crippen molar-refractivity contribution in [2.24, 2.45) is 0 Å². The Morgan fingerprint density at radius 3 is 2.31 bits per heavy atom. The first-order valence-corrected chi connectivity index (χ1v) is 6.05. The Balaban J connectivity index is 2.85. The summed E-state index contributed by atoms with van der Waals surface area (Å²) in [7, 11) is 1.94. The Bertz CT molecular complexity index is 307. The summed E-state index contributed by atoms with van der Waals surface area (Å²) in [5.74, 6) is 0. The van der Waals surface area contributed by atoms with Crippen molar-refractivity contribution in [3.05, 3.63) is 35.4 Å². The second-order valence-corrected chi connectivity index (χ2v) is 4.50. The monoisotopic (exact) mass is 221 g/mol. The zero-order valence-electron chi connectivity index (χ0n) is 10.6. The summed E-state index contributed by atoms with van der Waals surface area (Å²) >= 11 is 0. The molecule has 16 heavy (non-hydrogen) atoms. The lowest BCUT2D eigenvalue weighted by atomic mass is 9.88. The highest BCUT2D eigenvalue weighted by atomic mass is 16.3. The number of nitrogens with one attached hydrogen (secondary N) is 1. The Kier molecular flexibility index (Phi) is 4.97. The maximum absolute atomic E-state index is 9.09. The highest BCUT2D eigenvalue weighted by Crippen LogP contribution is 2.24. The van der Waals surface area contributed by atoms with Crippen molar-refractivity contribution in [1.82, 2.24) is 5.32 Å². The van der Waals surface area contributed by atoms with Gasteiger partial charge in [-0.05, 0) is 37.9 Å². The van der Waals surface area contributed by atoms with Crippen molar-refractivity contribution in [2.45, 2.75) is 38.6 Å². The molecule has 1 aromatic rings. The number of aliphatic hydroxyl groups is 1. The SMILES string of the molecule is CCCc1ccc(C(C)(CCO)NC)cc1. The Hall–Kier alpha value is -0.860. The van der Waals surface area contributed by atoms with Crippen LogP contribution in [0, 0.1) is 0 Å². The molecule has 0 amide bonds. The molecule has 0 spiro atoms. The van der Waals surface area contributed by atoms with Crippen molar-refractivity contribution >= 4 is 0 Å². The second kappa shape index (κ2) is 6.02. The first kappa shape index (κ1) is 13.2. The fourth-order valence-electron chi connectivity index (χ4n) is 1.97. The Morgan fingerprint density at radius 2 is 1.88 bits per heavy atom. The maximum atomic E-state index is 9.09. The fourth-order valence-corrected chi connectivity index (χ4v) is 1.97. The number of aliphatic hydroxyl groups excluding tert-OH is 1. The summed E-state index contributed by atoms with van der Waals surface area (Å²) in [6, 6.07) is 8.70. The molecule has 2 nitrogen and oxygen atoms in total. The van der Waals surface area contributed by atoms with Gasteiger partial charge in [0.1, 0.15) is 0 Å². The van der Waals surface area contributed by atoms with Gasteiger partial charge in [0, 0.05) is 12.1 Å². The molecule has 0 aromatic heterocycles. The molecule has 1 aromatic carbocycles. The number of benzene rings is 1. The standard InChI is InChI=1S/C14H23NO/c1-4-5-12-6-8-13(9-7-12)14(2,15-3)10-11-16/h6-9,15-16H,4-5,10-11H2,1-3H3. The molecule has 0 fully saturated rings. The Morgan fingerprint density at radius 1 is 1.25 bits per heavy atom. The highest BCUT2D eigenvalue weighted by molar-refractivity contribution is 5.28. The van der Waals surface area contributed by atoms with Crippen LogP contribution < -0.4 is 5.32 Å². The molecule has 2 heteroatoms. The van der Waals surface area contributed by atoms with Crippen LogP contribution in [0.5, 0.6) is 0 Å². The van der Waals surface area contributed by atoms with Gasteiger partial charge in [0.05, 0.1) is 0 Å².